The Bertz CT molecular complexity index is 1130. The van der Waals surface area contributed by atoms with Crippen molar-refractivity contribution >= 4 is 12.3 Å². The molecule has 0 saturated carbocycles. The van der Waals surface area contributed by atoms with Crippen LogP contribution in [-0.2, 0) is 19.9 Å². The van der Waals surface area contributed by atoms with E-state index >= 15 is 0 Å². The van der Waals surface area contributed by atoms with Crippen molar-refractivity contribution in [1.29, 1.82) is 0 Å². The second-order valence-electron chi connectivity index (χ2n) is 7.51. The van der Waals surface area contributed by atoms with Crippen LogP contribution in [0, 0.1) is 5.41 Å². The van der Waals surface area contributed by atoms with Gasteiger partial charge in [-0.3, -0.25) is 0 Å². The molecule has 1 atom stereocenters. The first-order valence-electron chi connectivity index (χ1n) is 9.04. The largest absolute Gasteiger partial charge is 0.508 e. The summed E-state index contributed by atoms with van der Waals surface area (Å²) in [6.07, 6.45) is 7.53. The lowest BCUT2D eigenvalue weighted by Crippen LogP contribution is -2.33. The Morgan fingerprint density at radius 2 is 1.52 bits per heavy atom. The molecule has 6 heteroatoms. The predicted octanol–water partition coefficient (Wildman–Crippen LogP) is 3.63. The number of carbonyl (C=O) groups excluding carboxylic acids is 2. The standard InChI is InChI=1S/C23H16O6/c1-22(12-24)8-6-15-16(7-9-22)23(29-21(15)27)17-4-2-13(25)10-19(17)28-20-11-14(26)3-5-18(20)23/h2-12,25-26H,1H3. The van der Waals surface area contributed by atoms with Crippen molar-refractivity contribution < 1.29 is 29.3 Å². The van der Waals surface area contributed by atoms with E-state index in [4.69, 9.17) is 9.47 Å². The number of fused-ring (bicyclic) bond motifs is 5. The van der Waals surface area contributed by atoms with E-state index in [1.165, 1.54) is 24.3 Å². The SMILES string of the molecule is CC1(C=O)C=CC2=C(C=C1)C1(OC2=O)c2ccc(O)cc2Oc2cc(O)ccc21. The molecule has 29 heavy (non-hydrogen) atoms. The molecule has 3 aliphatic rings. The number of hydrogen-bond acceptors (Lipinski definition) is 6. The summed E-state index contributed by atoms with van der Waals surface area (Å²) >= 11 is 0. The molecule has 5 rings (SSSR count). The molecular formula is C23H16O6. The van der Waals surface area contributed by atoms with E-state index in [0.717, 1.165) is 6.29 Å². The summed E-state index contributed by atoms with van der Waals surface area (Å²) in [5.41, 5.74) is -0.199. The van der Waals surface area contributed by atoms with Crippen molar-refractivity contribution in [2.75, 3.05) is 0 Å². The minimum Gasteiger partial charge on any atom is -0.508 e. The molecule has 1 unspecified atom stereocenters. The van der Waals surface area contributed by atoms with Crippen LogP contribution < -0.4 is 4.74 Å². The van der Waals surface area contributed by atoms with E-state index in [2.05, 4.69) is 0 Å². The van der Waals surface area contributed by atoms with Gasteiger partial charge in [0.2, 0.25) is 0 Å². The van der Waals surface area contributed by atoms with Gasteiger partial charge in [0, 0.05) is 28.8 Å². The molecule has 2 aromatic carbocycles. The Kier molecular flexibility index (Phi) is 3.35. The highest BCUT2D eigenvalue weighted by Crippen LogP contribution is 2.57. The molecule has 2 heterocycles. The number of ether oxygens (including phenoxy) is 2. The molecule has 0 radical (unpaired) electrons. The summed E-state index contributed by atoms with van der Waals surface area (Å²) in [6.45, 7) is 1.75. The van der Waals surface area contributed by atoms with Crippen molar-refractivity contribution in [2.24, 2.45) is 5.41 Å². The summed E-state index contributed by atoms with van der Waals surface area (Å²) in [5.74, 6) is 0.0709. The van der Waals surface area contributed by atoms with E-state index in [-0.39, 0.29) is 11.5 Å². The van der Waals surface area contributed by atoms with Crippen molar-refractivity contribution in [1.82, 2.24) is 0 Å². The van der Waals surface area contributed by atoms with Crippen LogP contribution in [-0.4, -0.2) is 22.5 Å². The summed E-state index contributed by atoms with van der Waals surface area (Å²) in [6, 6.07) is 9.14. The number of benzene rings is 2. The minimum atomic E-state index is -1.33. The highest BCUT2D eigenvalue weighted by molar-refractivity contribution is 5.99. The van der Waals surface area contributed by atoms with Gasteiger partial charge in [0.1, 0.15) is 29.3 Å². The van der Waals surface area contributed by atoms with E-state index in [1.807, 2.05) is 0 Å². The van der Waals surface area contributed by atoms with E-state index < -0.39 is 17.0 Å². The summed E-state index contributed by atoms with van der Waals surface area (Å²) in [4.78, 5) is 24.5. The maximum absolute atomic E-state index is 12.9. The zero-order valence-electron chi connectivity index (χ0n) is 15.4. The van der Waals surface area contributed by atoms with Gasteiger partial charge in [-0.05, 0) is 37.3 Å². The average molecular weight is 388 g/mol. The van der Waals surface area contributed by atoms with Gasteiger partial charge in [0.05, 0.1) is 11.0 Å². The van der Waals surface area contributed by atoms with Gasteiger partial charge in [-0.2, -0.15) is 0 Å². The number of esters is 1. The van der Waals surface area contributed by atoms with Gasteiger partial charge in [0.15, 0.2) is 5.60 Å². The zero-order valence-corrected chi connectivity index (χ0v) is 15.4. The fourth-order valence-corrected chi connectivity index (χ4v) is 4.01. The Morgan fingerprint density at radius 3 is 2.10 bits per heavy atom. The number of phenols is 2. The van der Waals surface area contributed by atoms with Gasteiger partial charge in [0.25, 0.3) is 0 Å². The zero-order chi connectivity index (χ0) is 20.4. The molecule has 2 aliphatic heterocycles. The predicted molar refractivity (Wildman–Crippen MR) is 103 cm³/mol. The third-order valence-corrected chi connectivity index (χ3v) is 5.52. The third kappa shape index (κ3) is 2.29. The Balaban J connectivity index is 1.85. The maximum Gasteiger partial charge on any atom is 0.340 e. The molecule has 0 aromatic heterocycles. The lowest BCUT2D eigenvalue weighted by molar-refractivity contribution is -0.144. The number of hydrogen-bond donors (Lipinski definition) is 2. The Labute approximate surface area is 166 Å². The summed E-state index contributed by atoms with van der Waals surface area (Å²) < 4.78 is 11.9. The van der Waals surface area contributed by atoms with Crippen molar-refractivity contribution in [3.8, 4) is 23.0 Å². The lowest BCUT2D eigenvalue weighted by Gasteiger charge is -2.37. The first-order chi connectivity index (χ1) is 13.9. The fourth-order valence-electron chi connectivity index (χ4n) is 4.01. The Morgan fingerprint density at radius 1 is 0.931 bits per heavy atom. The molecular weight excluding hydrogens is 372 g/mol. The maximum atomic E-state index is 12.9. The molecule has 2 N–H and O–H groups in total. The van der Waals surface area contributed by atoms with Crippen LogP contribution in [0.1, 0.15) is 18.1 Å². The van der Waals surface area contributed by atoms with Crippen LogP contribution in [0.25, 0.3) is 0 Å². The molecule has 6 nitrogen and oxygen atoms in total. The van der Waals surface area contributed by atoms with E-state index in [9.17, 15) is 19.8 Å². The molecule has 0 amide bonds. The molecule has 0 saturated heterocycles. The van der Waals surface area contributed by atoms with Gasteiger partial charge in [-0.25, -0.2) is 4.79 Å². The topological polar surface area (TPSA) is 93.1 Å². The number of phenolic OH excluding ortho intramolecular Hbond substituents is 2. The second-order valence-corrected chi connectivity index (χ2v) is 7.51. The molecule has 0 bridgehead atoms. The molecule has 1 aliphatic carbocycles. The number of rotatable bonds is 1. The van der Waals surface area contributed by atoms with Gasteiger partial charge < -0.3 is 24.5 Å². The fraction of sp³-hybridized carbons (Fsp3) is 0.130. The van der Waals surface area contributed by atoms with Crippen LogP contribution in [0.5, 0.6) is 23.0 Å². The van der Waals surface area contributed by atoms with Gasteiger partial charge >= 0.3 is 5.97 Å². The number of allylic oxidation sites excluding steroid dienone is 2. The molecule has 0 fully saturated rings. The van der Waals surface area contributed by atoms with Crippen LogP contribution in [0.2, 0.25) is 0 Å². The van der Waals surface area contributed by atoms with Crippen molar-refractivity contribution in [2.45, 2.75) is 12.5 Å². The van der Waals surface area contributed by atoms with Gasteiger partial charge in [-0.15, -0.1) is 0 Å². The smallest absolute Gasteiger partial charge is 0.340 e. The number of aromatic hydroxyl groups is 2. The average Bonchev–Trinajstić information content (AvgIpc) is 2.83. The monoisotopic (exact) mass is 388 g/mol. The lowest BCUT2D eigenvalue weighted by atomic mass is 9.77. The minimum absolute atomic E-state index is 0.00846. The number of aldehydes is 1. The second kappa shape index (κ2) is 5.61. The summed E-state index contributed by atoms with van der Waals surface area (Å²) in [7, 11) is 0. The highest BCUT2D eigenvalue weighted by Gasteiger charge is 2.54. The normalized spacial score (nSPS) is 23.0. The van der Waals surface area contributed by atoms with Crippen LogP contribution >= 0.6 is 0 Å². The first-order valence-corrected chi connectivity index (χ1v) is 9.04. The first kappa shape index (κ1) is 17.3. The van der Waals surface area contributed by atoms with Crippen LogP contribution in [0.15, 0.2) is 71.8 Å². The molecule has 2 aromatic rings. The quantitative estimate of drug-likeness (QED) is 0.572. The van der Waals surface area contributed by atoms with Gasteiger partial charge in [-0.1, -0.05) is 18.2 Å². The van der Waals surface area contributed by atoms with Crippen molar-refractivity contribution in [3.05, 3.63) is 83.0 Å². The highest BCUT2D eigenvalue weighted by atomic mass is 16.6. The van der Waals surface area contributed by atoms with Crippen LogP contribution in [0.3, 0.4) is 0 Å². The van der Waals surface area contributed by atoms with E-state index in [1.54, 1.807) is 43.4 Å². The van der Waals surface area contributed by atoms with Crippen LogP contribution in [0.4, 0.5) is 0 Å². The Hall–Kier alpha value is -3.80. The number of carbonyl (C=O) groups is 2. The molecule has 144 valence electrons. The van der Waals surface area contributed by atoms with Crippen molar-refractivity contribution in [3.63, 3.8) is 0 Å². The molecule has 1 spiro atoms. The third-order valence-electron chi connectivity index (χ3n) is 5.52. The van der Waals surface area contributed by atoms with E-state index in [0.29, 0.717) is 33.8 Å². The summed E-state index contributed by atoms with van der Waals surface area (Å²) in [5, 5.41) is 19.9.